The van der Waals surface area contributed by atoms with Gasteiger partial charge in [-0.1, -0.05) is 13.8 Å². The van der Waals surface area contributed by atoms with Gasteiger partial charge in [-0.3, -0.25) is 29.0 Å². The molecular weight excluding hydrogens is 482 g/mol. The molecule has 0 spiro atoms. The number of aliphatic imine (C=N–C) groups is 1. The number of carbonyl (C=O) groups is 6. The van der Waals surface area contributed by atoms with Gasteiger partial charge in [0.15, 0.2) is 5.96 Å². The number of nitrogens with zero attached hydrogens (tertiary/aromatic N) is 1. The van der Waals surface area contributed by atoms with Gasteiger partial charge in [0.2, 0.25) is 17.7 Å². The molecule has 0 saturated carbocycles. The van der Waals surface area contributed by atoms with Crippen LogP contribution in [0.15, 0.2) is 4.99 Å². The number of guanidine groups is 1. The Balaban J connectivity index is 5.60. The van der Waals surface area contributed by atoms with Crippen molar-refractivity contribution < 1.29 is 44.1 Å². The first-order valence-corrected chi connectivity index (χ1v) is 11.0. The fourth-order valence-electron chi connectivity index (χ4n) is 2.91. The first-order chi connectivity index (χ1) is 16.6. The highest BCUT2D eigenvalue weighted by Crippen LogP contribution is 2.07. The molecule has 0 bridgehead atoms. The van der Waals surface area contributed by atoms with Gasteiger partial charge in [-0.15, -0.1) is 0 Å². The number of hydrogen-bond donors (Lipinski definition) is 9. The summed E-state index contributed by atoms with van der Waals surface area (Å²) in [4.78, 5) is 74.8. The summed E-state index contributed by atoms with van der Waals surface area (Å²) in [5.74, 6) is -7.32. The quantitative estimate of drug-likeness (QED) is 0.0526. The van der Waals surface area contributed by atoms with Crippen LogP contribution < -0.4 is 33.2 Å². The summed E-state index contributed by atoms with van der Waals surface area (Å²) in [6.07, 6.45) is -1.41. The Morgan fingerprint density at radius 3 is 1.86 bits per heavy atom. The molecule has 36 heavy (non-hydrogen) atoms. The number of amides is 3. The molecule has 0 aromatic rings. The van der Waals surface area contributed by atoms with Gasteiger partial charge in [-0.05, 0) is 25.2 Å². The molecule has 16 heteroatoms. The summed E-state index contributed by atoms with van der Waals surface area (Å²) in [6, 6.07) is -5.43. The van der Waals surface area contributed by atoms with Gasteiger partial charge in [0, 0.05) is 13.0 Å². The Morgan fingerprint density at radius 2 is 1.39 bits per heavy atom. The Bertz CT molecular complexity index is 843. The van der Waals surface area contributed by atoms with E-state index in [2.05, 4.69) is 20.9 Å². The third-order valence-corrected chi connectivity index (χ3v) is 4.82. The molecule has 0 aliphatic carbocycles. The number of carboxylic acid groups (broad SMARTS) is 3. The van der Waals surface area contributed by atoms with Gasteiger partial charge >= 0.3 is 17.9 Å². The zero-order chi connectivity index (χ0) is 28.0. The summed E-state index contributed by atoms with van der Waals surface area (Å²) >= 11 is 0. The molecule has 4 unspecified atom stereocenters. The maximum absolute atomic E-state index is 12.9. The number of carboxylic acids is 3. The van der Waals surface area contributed by atoms with Gasteiger partial charge < -0.3 is 48.5 Å². The van der Waals surface area contributed by atoms with Crippen LogP contribution in [0, 0.1) is 5.92 Å². The van der Waals surface area contributed by atoms with Crippen LogP contribution in [0.5, 0.6) is 0 Å². The Morgan fingerprint density at radius 1 is 0.806 bits per heavy atom. The molecule has 0 rings (SSSR count). The van der Waals surface area contributed by atoms with E-state index in [9.17, 15) is 33.9 Å². The maximum Gasteiger partial charge on any atom is 0.326 e. The molecule has 0 fully saturated rings. The third-order valence-electron chi connectivity index (χ3n) is 4.82. The summed E-state index contributed by atoms with van der Waals surface area (Å²) in [7, 11) is 0. The molecule has 0 aromatic carbocycles. The minimum Gasteiger partial charge on any atom is -0.481 e. The fraction of sp³-hybridized carbons (Fsp3) is 0.650. The fourth-order valence-corrected chi connectivity index (χ4v) is 2.91. The number of nitrogens with one attached hydrogen (secondary N) is 3. The Kier molecular flexibility index (Phi) is 14.1. The Hall–Kier alpha value is -3.95. The smallest absolute Gasteiger partial charge is 0.326 e. The largest absolute Gasteiger partial charge is 0.481 e. The standard InChI is InChI=1S/C20H35N7O9/c1-9(2)15(27-16(32)10(21)8-14(30)31)18(34)25-11(4-3-7-24-20(22)23)17(33)26-12(19(35)36)5-6-13(28)29/h9-12,15H,3-8,21H2,1-2H3,(H,25,34)(H,26,33)(H,27,32)(H,28,29)(H,30,31)(H,35,36)(H4,22,23,24). The van der Waals surface area contributed by atoms with Crippen molar-refractivity contribution in [1.82, 2.24) is 16.0 Å². The van der Waals surface area contributed by atoms with Crippen LogP contribution in [0.4, 0.5) is 0 Å². The number of rotatable bonds is 17. The van der Waals surface area contributed by atoms with E-state index in [1.54, 1.807) is 13.8 Å². The highest BCUT2D eigenvalue weighted by molar-refractivity contribution is 5.94. The molecule has 0 heterocycles. The molecule has 16 nitrogen and oxygen atoms in total. The normalized spacial score (nSPS) is 14.0. The second-order valence-corrected chi connectivity index (χ2v) is 8.28. The topological polar surface area (TPSA) is 290 Å². The van der Waals surface area contributed by atoms with E-state index >= 15 is 0 Å². The molecule has 3 amide bonds. The van der Waals surface area contributed by atoms with Gasteiger partial charge in [-0.25, -0.2) is 4.79 Å². The molecule has 204 valence electrons. The van der Waals surface area contributed by atoms with Crippen LogP contribution in [0.25, 0.3) is 0 Å². The SMILES string of the molecule is CC(C)C(NC(=O)C(N)CC(=O)O)C(=O)NC(CCCN=C(N)N)C(=O)NC(CCC(=O)O)C(=O)O. The van der Waals surface area contributed by atoms with E-state index in [4.69, 9.17) is 27.4 Å². The molecule has 0 radical (unpaired) electrons. The lowest BCUT2D eigenvalue weighted by Gasteiger charge is -2.26. The van der Waals surface area contributed by atoms with Gasteiger partial charge in [-0.2, -0.15) is 0 Å². The zero-order valence-electron chi connectivity index (χ0n) is 20.1. The number of carbonyl (C=O) groups excluding carboxylic acids is 3. The lowest BCUT2D eigenvalue weighted by molar-refractivity contribution is -0.143. The van der Waals surface area contributed by atoms with Crippen molar-refractivity contribution in [2.45, 2.75) is 70.1 Å². The molecule has 0 aromatic heterocycles. The zero-order valence-corrected chi connectivity index (χ0v) is 20.1. The van der Waals surface area contributed by atoms with E-state index in [0.717, 1.165) is 0 Å². The van der Waals surface area contributed by atoms with Crippen LogP contribution in [0.2, 0.25) is 0 Å². The monoisotopic (exact) mass is 517 g/mol. The second kappa shape index (κ2) is 15.9. The van der Waals surface area contributed by atoms with Crippen LogP contribution in [0.1, 0.15) is 46.0 Å². The van der Waals surface area contributed by atoms with Crippen molar-refractivity contribution in [3.05, 3.63) is 0 Å². The molecule has 0 saturated heterocycles. The first kappa shape index (κ1) is 32.0. The highest BCUT2D eigenvalue weighted by atomic mass is 16.4. The number of aliphatic carboxylic acids is 3. The summed E-state index contributed by atoms with van der Waals surface area (Å²) < 4.78 is 0. The lowest BCUT2D eigenvalue weighted by atomic mass is 10.0. The average molecular weight is 518 g/mol. The number of hydrogen-bond acceptors (Lipinski definition) is 8. The van der Waals surface area contributed by atoms with Gasteiger partial charge in [0.1, 0.15) is 18.1 Å². The molecule has 12 N–H and O–H groups in total. The van der Waals surface area contributed by atoms with E-state index in [-0.39, 0.29) is 25.3 Å². The Labute approximate surface area is 207 Å². The minimum atomic E-state index is -1.53. The van der Waals surface area contributed by atoms with Crippen LogP contribution in [-0.2, 0) is 28.8 Å². The average Bonchev–Trinajstić information content (AvgIpc) is 2.75. The van der Waals surface area contributed by atoms with Crippen molar-refractivity contribution in [3.8, 4) is 0 Å². The van der Waals surface area contributed by atoms with Crippen LogP contribution in [-0.4, -0.2) is 87.6 Å². The van der Waals surface area contributed by atoms with Gasteiger partial charge in [0.05, 0.1) is 12.5 Å². The van der Waals surface area contributed by atoms with E-state index < -0.39 is 85.0 Å². The molecule has 4 atom stereocenters. The van der Waals surface area contributed by atoms with Gasteiger partial charge in [0.25, 0.3) is 0 Å². The number of nitrogens with two attached hydrogens (primary N) is 3. The predicted molar refractivity (Wildman–Crippen MR) is 125 cm³/mol. The summed E-state index contributed by atoms with van der Waals surface area (Å²) in [5, 5.41) is 33.9. The first-order valence-electron chi connectivity index (χ1n) is 11.0. The molecule has 0 aliphatic heterocycles. The summed E-state index contributed by atoms with van der Waals surface area (Å²) in [6.45, 7) is 3.28. The highest BCUT2D eigenvalue weighted by Gasteiger charge is 2.32. The van der Waals surface area contributed by atoms with Crippen molar-refractivity contribution in [2.24, 2.45) is 28.1 Å². The van der Waals surface area contributed by atoms with Crippen molar-refractivity contribution >= 4 is 41.6 Å². The third kappa shape index (κ3) is 13.1. The maximum atomic E-state index is 12.9. The predicted octanol–water partition coefficient (Wildman–Crippen LogP) is -3.10. The van der Waals surface area contributed by atoms with E-state index in [1.165, 1.54) is 0 Å². The summed E-state index contributed by atoms with van der Waals surface area (Å²) in [5.41, 5.74) is 16.1. The molecular formula is C20H35N7O9. The van der Waals surface area contributed by atoms with Crippen LogP contribution >= 0.6 is 0 Å². The van der Waals surface area contributed by atoms with E-state index in [1.807, 2.05) is 0 Å². The minimum absolute atomic E-state index is 0.0308. The molecule has 0 aliphatic rings. The van der Waals surface area contributed by atoms with E-state index in [0.29, 0.717) is 0 Å². The second-order valence-electron chi connectivity index (χ2n) is 8.28. The lowest BCUT2D eigenvalue weighted by Crippen LogP contribution is -2.58. The van der Waals surface area contributed by atoms with Crippen LogP contribution in [0.3, 0.4) is 0 Å². The van der Waals surface area contributed by atoms with Crippen molar-refractivity contribution in [2.75, 3.05) is 6.54 Å². The van der Waals surface area contributed by atoms with Crippen molar-refractivity contribution in [1.29, 1.82) is 0 Å². The van der Waals surface area contributed by atoms with Crippen molar-refractivity contribution in [3.63, 3.8) is 0 Å².